The Morgan fingerprint density at radius 1 is 0.967 bits per heavy atom. The molecule has 0 saturated carbocycles. The van der Waals surface area contributed by atoms with Crippen molar-refractivity contribution in [3.05, 3.63) is 86.6 Å². The van der Waals surface area contributed by atoms with Gasteiger partial charge in [0.2, 0.25) is 0 Å². The average Bonchev–Trinajstić information content (AvgIpc) is 2.75. The zero-order valence-electron chi connectivity index (χ0n) is 16.5. The average molecular weight is 463 g/mol. The maximum atomic E-state index is 10.6. The van der Waals surface area contributed by atoms with E-state index in [-0.39, 0.29) is 11.8 Å². The number of para-hydroxylation sites is 1. The van der Waals surface area contributed by atoms with Gasteiger partial charge in [-0.2, -0.15) is 0 Å². The Kier molecular flexibility index (Phi) is 6.40. The van der Waals surface area contributed by atoms with E-state index in [1.54, 1.807) is 18.3 Å². The van der Waals surface area contributed by atoms with Crippen molar-refractivity contribution >= 4 is 40.5 Å². The lowest BCUT2D eigenvalue weighted by molar-refractivity contribution is 0.209. The van der Waals surface area contributed by atoms with Crippen LogP contribution in [-0.4, -0.2) is 41.2 Å². The van der Waals surface area contributed by atoms with E-state index in [0.717, 1.165) is 48.6 Å². The van der Waals surface area contributed by atoms with Crippen LogP contribution in [0, 0.1) is 6.92 Å². The number of rotatable bonds is 4. The van der Waals surface area contributed by atoms with Crippen molar-refractivity contribution in [1.82, 2.24) is 9.88 Å². The van der Waals surface area contributed by atoms with Crippen molar-refractivity contribution in [3.63, 3.8) is 0 Å². The predicted molar refractivity (Wildman–Crippen MR) is 124 cm³/mol. The maximum Gasteiger partial charge on any atom is 0.131 e. The number of hydrogen-bond donors (Lipinski definition) is 1. The van der Waals surface area contributed by atoms with E-state index >= 15 is 0 Å². The molecule has 2 heterocycles. The number of aromatic nitrogens is 1. The van der Waals surface area contributed by atoms with Crippen LogP contribution in [0.1, 0.15) is 22.7 Å². The topological polar surface area (TPSA) is 39.6 Å². The molecule has 4 rings (SSSR count). The van der Waals surface area contributed by atoms with Crippen LogP contribution in [0.5, 0.6) is 5.75 Å². The molecular weight excluding hydrogens is 441 g/mol. The van der Waals surface area contributed by atoms with Gasteiger partial charge in [-0.25, -0.2) is 4.98 Å². The van der Waals surface area contributed by atoms with Gasteiger partial charge >= 0.3 is 0 Å². The van der Waals surface area contributed by atoms with E-state index in [1.165, 1.54) is 0 Å². The van der Waals surface area contributed by atoms with Gasteiger partial charge in [0.1, 0.15) is 10.9 Å². The molecule has 1 fully saturated rings. The molecule has 3 aromatic rings. The molecular formula is C23H22Cl3N3O. The highest BCUT2D eigenvalue weighted by atomic mass is 35.5. The summed E-state index contributed by atoms with van der Waals surface area (Å²) >= 11 is 18.8. The first-order valence-electron chi connectivity index (χ1n) is 9.78. The Bertz CT molecular complexity index is 1050. The molecule has 1 atom stereocenters. The van der Waals surface area contributed by atoms with E-state index in [9.17, 15) is 5.11 Å². The molecule has 1 unspecified atom stereocenters. The number of benzene rings is 2. The first-order valence-corrected chi connectivity index (χ1v) is 10.9. The Morgan fingerprint density at radius 2 is 1.70 bits per heavy atom. The summed E-state index contributed by atoms with van der Waals surface area (Å²) in [4.78, 5) is 8.95. The van der Waals surface area contributed by atoms with Gasteiger partial charge in [0.15, 0.2) is 0 Å². The van der Waals surface area contributed by atoms with Gasteiger partial charge < -0.3 is 10.0 Å². The van der Waals surface area contributed by atoms with Crippen molar-refractivity contribution in [2.24, 2.45) is 0 Å². The first-order chi connectivity index (χ1) is 14.5. The molecule has 30 heavy (non-hydrogen) atoms. The van der Waals surface area contributed by atoms with Crippen LogP contribution in [0.2, 0.25) is 15.2 Å². The summed E-state index contributed by atoms with van der Waals surface area (Å²) in [6.45, 7) is 5.13. The SMILES string of the molecule is Cc1cc(C(c2ccccc2O)N2CCN(c3cccc(Cl)c3Cl)CC2)cnc1Cl. The normalized spacial score (nSPS) is 15.9. The zero-order valence-corrected chi connectivity index (χ0v) is 18.8. The molecule has 0 radical (unpaired) electrons. The standard InChI is InChI=1S/C23H22Cl3N3O/c1-15-13-16(14-27-23(15)26)22(17-5-2-3-8-20(17)30)29-11-9-28(10-12-29)19-7-4-6-18(24)21(19)25/h2-8,13-14,22,30H,9-12H2,1H3. The molecule has 0 amide bonds. The molecule has 156 valence electrons. The monoisotopic (exact) mass is 461 g/mol. The maximum absolute atomic E-state index is 10.6. The van der Waals surface area contributed by atoms with Gasteiger partial charge in [-0.1, -0.05) is 59.1 Å². The number of phenolic OH excluding ortho intramolecular Hbond substituents is 1. The fourth-order valence-electron chi connectivity index (χ4n) is 3.99. The van der Waals surface area contributed by atoms with E-state index < -0.39 is 0 Å². The van der Waals surface area contributed by atoms with Crippen LogP contribution in [-0.2, 0) is 0 Å². The summed E-state index contributed by atoms with van der Waals surface area (Å²) in [6.07, 6.45) is 1.80. The second-order valence-corrected chi connectivity index (χ2v) is 8.58. The number of phenols is 1. The van der Waals surface area contributed by atoms with Crippen LogP contribution < -0.4 is 4.90 Å². The highest BCUT2D eigenvalue weighted by Gasteiger charge is 2.29. The Morgan fingerprint density at radius 3 is 2.40 bits per heavy atom. The number of hydrogen-bond acceptors (Lipinski definition) is 4. The fraction of sp³-hybridized carbons (Fsp3) is 0.261. The third-order valence-electron chi connectivity index (χ3n) is 5.53. The number of halogens is 3. The minimum absolute atomic E-state index is 0.119. The molecule has 7 heteroatoms. The Hall–Kier alpha value is -1.98. The first kappa shape index (κ1) is 21.3. The molecule has 1 saturated heterocycles. The lowest BCUT2D eigenvalue weighted by Gasteiger charge is -2.41. The van der Waals surface area contributed by atoms with Gasteiger partial charge in [-0.05, 0) is 42.3 Å². The molecule has 4 nitrogen and oxygen atoms in total. The molecule has 1 aliphatic rings. The zero-order chi connectivity index (χ0) is 21.3. The van der Waals surface area contributed by atoms with Gasteiger partial charge in [0.05, 0.1) is 21.8 Å². The number of aryl methyl sites for hydroxylation is 1. The Balaban J connectivity index is 1.63. The highest BCUT2D eigenvalue weighted by Crippen LogP contribution is 2.37. The number of pyridine rings is 1. The minimum atomic E-state index is -0.119. The number of piperazine rings is 1. The van der Waals surface area contributed by atoms with E-state index in [1.807, 2.05) is 43.3 Å². The van der Waals surface area contributed by atoms with Crippen molar-refractivity contribution in [2.75, 3.05) is 31.1 Å². The van der Waals surface area contributed by atoms with Gasteiger partial charge in [0.25, 0.3) is 0 Å². The molecule has 0 bridgehead atoms. The van der Waals surface area contributed by atoms with E-state index in [0.29, 0.717) is 15.2 Å². The number of anilines is 1. The Labute approximate surface area is 191 Å². The van der Waals surface area contributed by atoms with Crippen LogP contribution in [0.4, 0.5) is 5.69 Å². The van der Waals surface area contributed by atoms with Crippen molar-refractivity contribution in [2.45, 2.75) is 13.0 Å². The molecule has 1 aromatic heterocycles. The summed E-state index contributed by atoms with van der Waals surface area (Å²) < 4.78 is 0. The van der Waals surface area contributed by atoms with E-state index in [2.05, 4.69) is 14.8 Å². The predicted octanol–water partition coefficient (Wildman–Crippen LogP) is 5.97. The van der Waals surface area contributed by atoms with Crippen LogP contribution in [0.25, 0.3) is 0 Å². The lowest BCUT2D eigenvalue weighted by Crippen LogP contribution is -2.48. The summed E-state index contributed by atoms with van der Waals surface area (Å²) in [6, 6.07) is 15.1. The summed E-state index contributed by atoms with van der Waals surface area (Å²) in [5.74, 6) is 0.274. The lowest BCUT2D eigenvalue weighted by atomic mass is 9.96. The summed E-state index contributed by atoms with van der Waals surface area (Å²) in [5, 5.41) is 12.2. The van der Waals surface area contributed by atoms with Gasteiger partial charge in [-0.15, -0.1) is 0 Å². The van der Waals surface area contributed by atoms with Gasteiger partial charge in [0, 0.05) is 37.9 Å². The molecule has 0 spiro atoms. The quantitative estimate of drug-likeness (QED) is 0.485. The molecule has 2 aromatic carbocycles. The molecule has 0 aliphatic carbocycles. The van der Waals surface area contributed by atoms with Gasteiger partial charge in [-0.3, -0.25) is 4.90 Å². The highest BCUT2D eigenvalue weighted by molar-refractivity contribution is 6.43. The van der Waals surface area contributed by atoms with Crippen molar-refractivity contribution < 1.29 is 5.11 Å². The molecule has 1 N–H and O–H groups in total. The number of aromatic hydroxyl groups is 1. The van der Waals surface area contributed by atoms with E-state index in [4.69, 9.17) is 34.8 Å². The van der Waals surface area contributed by atoms with Crippen LogP contribution >= 0.6 is 34.8 Å². The largest absolute Gasteiger partial charge is 0.508 e. The summed E-state index contributed by atoms with van der Waals surface area (Å²) in [7, 11) is 0. The molecule has 1 aliphatic heterocycles. The second-order valence-electron chi connectivity index (χ2n) is 7.43. The smallest absolute Gasteiger partial charge is 0.131 e. The van der Waals surface area contributed by atoms with Crippen LogP contribution in [0.15, 0.2) is 54.7 Å². The fourth-order valence-corrected chi connectivity index (χ4v) is 4.51. The van der Waals surface area contributed by atoms with Crippen molar-refractivity contribution in [1.29, 1.82) is 0 Å². The third-order valence-corrected chi connectivity index (χ3v) is 6.74. The second kappa shape index (κ2) is 9.03. The number of nitrogens with zero attached hydrogens (tertiary/aromatic N) is 3. The summed E-state index contributed by atoms with van der Waals surface area (Å²) in [5.41, 5.74) is 3.73. The minimum Gasteiger partial charge on any atom is -0.508 e. The van der Waals surface area contributed by atoms with Crippen LogP contribution in [0.3, 0.4) is 0 Å². The third kappa shape index (κ3) is 4.23. The van der Waals surface area contributed by atoms with Crippen molar-refractivity contribution in [3.8, 4) is 5.75 Å².